The van der Waals surface area contributed by atoms with Crippen LogP contribution in [0.15, 0.2) is 36.5 Å². The molecule has 1 aromatic heterocycles. The van der Waals surface area contributed by atoms with Crippen LogP contribution >= 0.6 is 0 Å². The summed E-state index contributed by atoms with van der Waals surface area (Å²) in [6.07, 6.45) is 1.70. The zero-order valence-corrected chi connectivity index (χ0v) is 9.37. The lowest BCUT2D eigenvalue weighted by molar-refractivity contribution is 0.509. The van der Waals surface area contributed by atoms with E-state index in [2.05, 4.69) is 10.3 Å². The molecule has 0 aliphatic carbocycles. The molecule has 0 amide bonds. The summed E-state index contributed by atoms with van der Waals surface area (Å²) in [4.78, 5) is 4.20. The van der Waals surface area contributed by atoms with Gasteiger partial charge in [0.15, 0.2) is 11.6 Å². The van der Waals surface area contributed by atoms with Gasteiger partial charge in [0.05, 0.1) is 12.2 Å². The molecule has 0 radical (unpaired) electrons. The summed E-state index contributed by atoms with van der Waals surface area (Å²) in [5.41, 5.74) is 2.48. The molecule has 1 N–H and O–H groups in total. The normalized spacial score (nSPS) is 10.3. The van der Waals surface area contributed by atoms with E-state index >= 15 is 0 Å². The molecule has 0 unspecified atom stereocenters. The molecule has 17 heavy (non-hydrogen) atoms. The Bertz CT molecular complexity index is 527. The van der Waals surface area contributed by atoms with Crippen LogP contribution in [-0.2, 0) is 6.54 Å². The zero-order chi connectivity index (χ0) is 12.3. The first kappa shape index (κ1) is 11.5. The first-order chi connectivity index (χ1) is 8.16. The van der Waals surface area contributed by atoms with Crippen molar-refractivity contribution >= 4 is 5.69 Å². The van der Waals surface area contributed by atoms with E-state index in [1.807, 2.05) is 19.1 Å². The Morgan fingerprint density at radius 1 is 1.18 bits per heavy atom. The second kappa shape index (κ2) is 4.91. The number of rotatable bonds is 3. The third-order valence-electron chi connectivity index (χ3n) is 2.50. The summed E-state index contributed by atoms with van der Waals surface area (Å²) in [5, 5.41) is 3.00. The molecule has 0 fully saturated rings. The lowest BCUT2D eigenvalue weighted by Crippen LogP contribution is -2.03. The van der Waals surface area contributed by atoms with Crippen LogP contribution in [0, 0.1) is 18.6 Å². The van der Waals surface area contributed by atoms with Gasteiger partial charge in [-0.3, -0.25) is 4.98 Å². The topological polar surface area (TPSA) is 24.9 Å². The minimum absolute atomic E-state index is 0.484. The van der Waals surface area contributed by atoms with E-state index in [9.17, 15) is 8.78 Å². The fourth-order valence-electron chi connectivity index (χ4n) is 1.50. The van der Waals surface area contributed by atoms with Gasteiger partial charge in [-0.2, -0.15) is 0 Å². The van der Waals surface area contributed by atoms with Gasteiger partial charge >= 0.3 is 0 Å². The number of aromatic nitrogens is 1. The van der Waals surface area contributed by atoms with Gasteiger partial charge in [-0.15, -0.1) is 0 Å². The number of hydrogen-bond donors (Lipinski definition) is 1. The molecule has 2 nitrogen and oxygen atoms in total. The monoisotopic (exact) mass is 234 g/mol. The van der Waals surface area contributed by atoms with Crippen LogP contribution in [0.4, 0.5) is 14.5 Å². The van der Waals surface area contributed by atoms with Crippen molar-refractivity contribution < 1.29 is 8.78 Å². The van der Waals surface area contributed by atoms with Crippen molar-refractivity contribution in [1.82, 2.24) is 4.98 Å². The zero-order valence-electron chi connectivity index (χ0n) is 9.37. The van der Waals surface area contributed by atoms with Gasteiger partial charge in [-0.1, -0.05) is 6.07 Å². The molecular weight excluding hydrogens is 222 g/mol. The maximum Gasteiger partial charge on any atom is 0.160 e. The van der Waals surface area contributed by atoms with Gasteiger partial charge in [0.1, 0.15) is 0 Å². The van der Waals surface area contributed by atoms with Crippen LogP contribution in [0.5, 0.6) is 0 Å². The Morgan fingerprint density at radius 2 is 2.00 bits per heavy atom. The summed E-state index contributed by atoms with van der Waals surface area (Å²) in [7, 11) is 0. The first-order valence-electron chi connectivity index (χ1n) is 5.26. The molecule has 0 saturated heterocycles. The van der Waals surface area contributed by atoms with Crippen molar-refractivity contribution in [3.05, 3.63) is 59.4 Å². The van der Waals surface area contributed by atoms with Gasteiger partial charge in [0.2, 0.25) is 0 Å². The highest BCUT2D eigenvalue weighted by molar-refractivity contribution is 5.44. The third kappa shape index (κ3) is 2.78. The molecule has 0 aliphatic rings. The predicted molar refractivity (Wildman–Crippen MR) is 62.7 cm³/mol. The standard InChI is InChI=1S/C13H12F2N2/c1-9-3-2-6-16-13(9)8-17-10-4-5-11(14)12(15)7-10/h2-7,17H,8H2,1H3. The van der Waals surface area contributed by atoms with Crippen molar-refractivity contribution in [2.24, 2.45) is 0 Å². The Labute approximate surface area is 98.3 Å². The number of hydrogen-bond acceptors (Lipinski definition) is 2. The van der Waals surface area contributed by atoms with E-state index in [-0.39, 0.29) is 0 Å². The molecule has 2 rings (SSSR count). The van der Waals surface area contributed by atoms with Crippen molar-refractivity contribution in [2.45, 2.75) is 13.5 Å². The molecule has 1 aromatic carbocycles. The SMILES string of the molecule is Cc1cccnc1CNc1ccc(F)c(F)c1. The second-order valence-electron chi connectivity index (χ2n) is 3.75. The van der Waals surface area contributed by atoms with Crippen molar-refractivity contribution in [3.8, 4) is 0 Å². The van der Waals surface area contributed by atoms with Gasteiger partial charge in [0.25, 0.3) is 0 Å². The molecule has 88 valence electrons. The average Bonchev–Trinajstić information content (AvgIpc) is 2.32. The number of nitrogens with zero attached hydrogens (tertiary/aromatic N) is 1. The Balaban J connectivity index is 2.08. The summed E-state index contributed by atoms with van der Waals surface area (Å²) in [6, 6.07) is 7.54. The van der Waals surface area contributed by atoms with Crippen LogP contribution in [0.25, 0.3) is 0 Å². The summed E-state index contributed by atoms with van der Waals surface area (Å²) < 4.78 is 25.7. The van der Waals surface area contributed by atoms with Crippen molar-refractivity contribution in [1.29, 1.82) is 0 Å². The minimum atomic E-state index is -0.854. The Kier molecular flexibility index (Phi) is 3.32. The largest absolute Gasteiger partial charge is 0.379 e. The van der Waals surface area contributed by atoms with Gasteiger partial charge in [-0.05, 0) is 30.7 Å². The number of pyridine rings is 1. The fraction of sp³-hybridized carbons (Fsp3) is 0.154. The highest BCUT2D eigenvalue weighted by Crippen LogP contribution is 2.14. The quantitative estimate of drug-likeness (QED) is 0.881. The Hall–Kier alpha value is -1.97. The van der Waals surface area contributed by atoms with E-state index < -0.39 is 11.6 Å². The minimum Gasteiger partial charge on any atom is -0.379 e. The average molecular weight is 234 g/mol. The predicted octanol–water partition coefficient (Wildman–Crippen LogP) is 3.28. The molecule has 4 heteroatoms. The fourth-order valence-corrected chi connectivity index (χ4v) is 1.50. The molecular formula is C13H12F2N2. The van der Waals surface area contributed by atoms with E-state index in [1.165, 1.54) is 6.07 Å². The first-order valence-corrected chi connectivity index (χ1v) is 5.26. The van der Waals surface area contributed by atoms with Gasteiger partial charge in [0, 0.05) is 18.0 Å². The van der Waals surface area contributed by atoms with Crippen LogP contribution in [0.3, 0.4) is 0 Å². The Morgan fingerprint density at radius 3 is 2.71 bits per heavy atom. The lowest BCUT2D eigenvalue weighted by atomic mass is 10.2. The molecule has 0 saturated carbocycles. The molecule has 0 bridgehead atoms. The van der Waals surface area contributed by atoms with Gasteiger partial charge < -0.3 is 5.32 Å². The van der Waals surface area contributed by atoms with Crippen LogP contribution in [0.1, 0.15) is 11.3 Å². The molecule has 0 spiro atoms. The van der Waals surface area contributed by atoms with E-state index in [0.29, 0.717) is 12.2 Å². The summed E-state index contributed by atoms with van der Waals surface area (Å²) in [6.45, 7) is 2.44. The van der Waals surface area contributed by atoms with Gasteiger partial charge in [-0.25, -0.2) is 8.78 Å². The number of halogens is 2. The van der Waals surface area contributed by atoms with E-state index in [4.69, 9.17) is 0 Å². The number of anilines is 1. The molecule has 2 aromatic rings. The lowest BCUT2D eigenvalue weighted by Gasteiger charge is -2.08. The number of nitrogens with one attached hydrogen (secondary N) is 1. The maximum absolute atomic E-state index is 13.0. The van der Waals surface area contributed by atoms with Crippen molar-refractivity contribution in [2.75, 3.05) is 5.32 Å². The van der Waals surface area contributed by atoms with Crippen LogP contribution in [0.2, 0.25) is 0 Å². The van der Waals surface area contributed by atoms with Crippen molar-refractivity contribution in [3.63, 3.8) is 0 Å². The summed E-state index contributed by atoms with van der Waals surface area (Å²) in [5.74, 6) is -1.70. The highest BCUT2D eigenvalue weighted by atomic mass is 19.2. The van der Waals surface area contributed by atoms with Crippen LogP contribution < -0.4 is 5.32 Å². The van der Waals surface area contributed by atoms with E-state index in [0.717, 1.165) is 23.4 Å². The highest BCUT2D eigenvalue weighted by Gasteiger charge is 2.03. The maximum atomic E-state index is 13.0. The number of aryl methyl sites for hydroxylation is 1. The van der Waals surface area contributed by atoms with E-state index in [1.54, 1.807) is 6.20 Å². The van der Waals surface area contributed by atoms with Crippen LogP contribution in [-0.4, -0.2) is 4.98 Å². The summed E-state index contributed by atoms with van der Waals surface area (Å²) >= 11 is 0. The molecule has 0 aliphatic heterocycles. The molecule has 0 atom stereocenters. The number of benzene rings is 1. The second-order valence-corrected chi connectivity index (χ2v) is 3.75. The smallest absolute Gasteiger partial charge is 0.160 e. The third-order valence-corrected chi connectivity index (χ3v) is 2.50. The molecule has 1 heterocycles.